The maximum Gasteiger partial charge on any atom is 0.277 e. The maximum atomic E-state index is 12.1. The second-order valence-corrected chi connectivity index (χ2v) is 6.30. The summed E-state index contributed by atoms with van der Waals surface area (Å²) in [6, 6.07) is 0. The molecule has 0 aromatic heterocycles. The van der Waals surface area contributed by atoms with Gasteiger partial charge in [-0.25, -0.2) is 5.14 Å². The summed E-state index contributed by atoms with van der Waals surface area (Å²) in [5, 5.41) is 5.05. The van der Waals surface area contributed by atoms with Gasteiger partial charge in [0.15, 0.2) is 0 Å². The van der Waals surface area contributed by atoms with E-state index < -0.39 is 10.2 Å². The van der Waals surface area contributed by atoms with Gasteiger partial charge in [0.1, 0.15) is 0 Å². The molecule has 98 valence electrons. The van der Waals surface area contributed by atoms with Crippen molar-refractivity contribution in [2.75, 3.05) is 26.2 Å². The zero-order valence-corrected chi connectivity index (χ0v) is 10.7. The van der Waals surface area contributed by atoms with Gasteiger partial charge in [0.25, 0.3) is 10.2 Å². The highest BCUT2D eigenvalue weighted by atomic mass is 32.2. The Morgan fingerprint density at radius 1 is 1.06 bits per heavy atom. The first kappa shape index (κ1) is 12.8. The molecular weight excluding hydrogens is 242 g/mol. The Labute approximate surface area is 102 Å². The molecule has 6 nitrogen and oxygen atoms in total. The Kier molecular flexibility index (Phi) is 3.70. The van der Waals surface area contributed by atoms with Crippen molar-refractivity contribution in [3.05, 3.63) is 0 Å². The van der Waals surface area contributed by atoms with Gasteiger partial charge in [-0.05, 0) is 12.8 Å². The third kappa shape index (κ3) is 2.97. The van der Waals surface area contributed by atoms with Crippen molar-refractivity contribution in [2.24, 2.45) is 11.1 Å². The molecule has 7 heteroatoms. The molecule has 0 aromatic carbocycles. The van der Waals surface area contributed by atoms with Gasteiger partial charge in [-0.15, -0.1) is 0 Å². The lowest BCUT2D eigenvalue weighted by Gasteiger charge is -2.34. The van der Waals surface area contributed by atoms with Crippen LogP contribution in [0.25, 0.3) is 0 Å². The topological polar surface area (TPSA) is 83.7 Å². The summed E-state index contributed by atoms with van der Waals surface area (Å²) in [6.45, 7) is 1.56. The van der Waals surface area contributed by atoms with Gasteiger partial charge in [0.05, 0.1) is 0 Å². The molecule has 1 saturated carbocycles. The number of hydrogen-bond acceptors (Lipinski definition) is 3. The van der Waals surface area contributed by atoms with Crippen LogP contribution in [0.15, 0.2) is 0 Å². The Morgan fingerprint density at radius 2 is 1.59 bits per heavy atom. The van der Waals surface area contributed by atoms with Crippen molar-refractivity contribution >= 4 is 16.1 Å². The minimum atomic E-state index is -3.60. The normalized spacial score (nSPS) is 24.2. The van der Waals surface area contributed by atoms with E-state index >= 15 is 0 Å². The molecule has 1 heterocycles. The highest BCUT2D eigenvalue weighted by Crippen LogP contribution is 2.26. The van der Waals surface area contributed by atoms with Crippen LogP contribution in [0.5, 0.6) is 0 Å². The summed E-state index contributed by atoms with van der Waals surface area (Å²) in [5.74, 6) is 0.354. The molecule has 17 heavy (non-hydrogen) atoms. The van der Waals surface area contributed by atoms with Crippen molar-refractivity contribution < 1.29 is 13.2 Å². The monoisotopic (exact) mass is 261 g/mol. The van der Waals surface area contributed by atoms with Crippen molar-refractivity contribution in [1.29, 1.82) is 0 Å². The molecule has 1 saturated heterocycles. The first-order valence-electron chi connectivity index (χ1n) is 6.05. The predicted molar refractivity (Wildman–Crippen MR) is 63.2 cm³/mol. The molecule has 0 radical (unpaired) electrons. The minimum Gasteiger partial charge on any atom is -0.340 e. The van der Waals surface area contributed by atoms with E-state index in [0.717, 1.165) is 25.7 Å². The Hall–Kier alpha value is -0.660. The summed E-state index contributed by atoms with van der Waals surface area (Å²) in [5.41, 5.74) is 0. The highest BCUT2D eigenvalue weighted by molar-refractivity contribution is 7.86. The molecule has 2 aliphatic rings. The highest BCUT2D eigenvalue weighted by Gasteiger charge is 2.31. The molecule has 0 aromatic rings. The van der Waals surface area contributed by atoms with E-state index in [9.17, 15) is 13.2 Å². The fourth-order valence-electron chi connectivity index (χ4n) is 2.59. The quantitative estimate of drug-likeness (QED) is 0.729. The molecule has 0 bridgehead atoms. The summed E-state index contributed by atoms with van der Waals surface area (Å²) in [7, 11) is -3.60. The maximum absolute atomic E-state index is 12.1. The SMILES string of the molecule is NS(=O)(=O)N1CCN(C(=O)C2CCCC2)CC1. The van der Waals surface area contributed by atoms with Crippen LogP contribution in [0.4, 0.5) is 0 Å². The van der Waals surface area contributed by atoms with Crippen molar-refractivity contribution in [3.63, 3.8) is 0 Å². The van der Waals surface area contributed by atoms with Crippen LogP contribution in [-0.2, 0) is 15.0 Å². The first-order chi connectivity index (χ1) is 7.98. The molecule has 0 unspecified atom stereocenters. The van der Waals surface area contributed by atoms with Gasteiger partial charge in [-0.1, -0.05) is 12.8 Å². The average Bonchev–Trinajstić information content (AvgIpc) is 2.80. The molecule has 2 rings (SSSR count). The molecule has 0 atom stereocenters. The first-order valence-corrected chi connectivity index (χ1v) is 7.55. The summed E-state index contributed by atoms with van der Waals surface area (Å²) in [4.78, 5) is 13.9. The number of hydrogen-bond donors (Lipinski definition) is 1. The van der Waals surface area contributed by atoms with E-state index in [4.69, 9.17) is 5.14 Å². The van der Waals surface area contributed by atoms with E-state index in [0.29, 0.717) is 26.2 Å². The predicted octanol–water partition coefficient (Wildman–Crippen LogP) is -0.476. The van der Waals surface area contributed by atoms with Crippen LogP contribution in [0.2, 0.25) is 0 Å². The lowest BCUT2D eigenvalue weighted by molar-refractivity contribution is -0.136. The molecule has 1 amide bonds. The standard InChI is InChI=1S/C10H19N3O3S/c11-17(15,16)13-7-5-12(6-8-13)10(14)9-3-1-2-4-9/h9H,1-8H2,(H2,11,15,16). The van der Waals surface area contributed by atoms with Crippen LogP contribution in [0.1, 0.15) is 25.7 Å². The number of piperazine rings is 1. The largest absolute Gasteiger partial charge is 0.340 e. The van der Waals surface area contributed by atoms with E-state index in [1.165, 1.54) is 4.31 Å². The van der Waals surface area contributed by atoms with Gasteiger partial charge < -0.3 is 4.90 Å². The molecule has 1 aliphatic carbocycles. The second-order valence-electron chi connectivity index (χ2n) is 4.75. The zero-order valence-electron chi connectivity index (χ0n) is 9.84. The third-order valence-electron chi connectivity index (χ3n) is 3.61. The fourth-order valence-corrected chi connectivity index (χ4v) is 3.27. The lowest BCUT2D eigenvalue weighted by Crippen LogP contribution is -2.53. The Bertz CT molecular complexity index is 382. The van der Waals surface area contributed by atoms with Gasteiger partial charge in [-0.3, -0.25) is 4.79 Å². The molecular formula is C10H19N3O3S. The Balaban J connectivity index is 1.88. The lowest BCUT2D eigenvalue weighted by atomic mass is 10.1. The van der Waals surface area contributed by atoms with E-state index in [2.05, 4.69) is 0 Å². The van der Waals surface area contributed by atoms with Crippen LogP contribution < -0.4 is 5.14 Å². The number of rotatable bonds is 2. The number of carbonyl (C=O) groups is 1. The van der Waals surface area contributed by atoms with Crippen LogP contribution in [-0.4, -0.2) is 49.7 Å². The number of nitrogens with zero attached hydrogens (tertiary/aromatic N) is 2. The summed E-state index contributed by atoms with van der Waals surface area (Å²) < 4.78 is 23.5. The molecule has 0 spiro atoms. The average molecular weight is 261 g/mol. The molecule has 1 aliphatic heterocycles. The van der Waals surface area contributed by atoms with Crippen LogP contribution in [0, 0.1) is 5.92 Å². The van der Waals surface area contributed by atoms with Crippen LogP contribution in [0.3, 0.4) is 0 Å². The fraction of sp³-hybridized carbons (Fsp3) is 0.900. The smallest absolute Gasteiger partial charge is 0.277 e. The van der Waals surface area contributed by atoms with Crippen molar-refractivity contribution in [2.45, 2.75) is 25.7 Å². The summed E-state index contributed by atoms with van der Waals surface area (Å²) >= 11 is 0. The van der Waals surface area contributed by atoms with Gasteiger partial charge >= 0.3 is 0 Å². The second kappa shape index (κ2) is 4.91. The number of carbonyl (C=O) groups excluding carboxylic acids is 1. The van der Waals surface area contributed by atoms with E-state index in [1.807, 2.05) is 0 Å². The van der Waals surface area contributed by atoms with E-state index in [-0.39, 0.29) is 11.8 Å². The molecule has 2 N–H and O–H groups in total. The van der Waals surface area contributed by atoms with Crippen molar-refractivity contribution in [3.8, 4) is 0 Å². The Morgan fingerprint density at radius 3 is 2.06 bits per heavy atom. The minimum absolute atomic E-state index is 0.163. The number of nitrogens with two attached hydrogens (primary N) is 1. The molecule has 2 fully saturated rings. The van der Waals surface area contributed by atoms with Gasteiger partial charge in [0.2, 0.25) is 5.91 Å². The zero-order chi connectivity index (χ0) is 12.5. The van der Waals surface area contributed by atoms with Crippen molar-refractivity contribution in [1.82, 2.24) is 9.21 Å². The van der Waals surface area contributed by atoms with E-state index in [1.54, 1.807) is 4.90 Å². The third-order valence-corrected chi connectivity index (χ3v) is 4.70. The number of amides is 1. The van der Waals surface area contributed by atoms with Gasteiger partial charge in [0, 0.05) is 32.1 Å². The van der Waals surface area contributed by atoms with Crippen LogP contribution >= 0.6 is 0 Å². The summed E-state index contributed by atoms with van der Waals surface area (Å²) in [6.07, 6.45) is 4.23. The van der Waals surface area contributed by atoms with Gasteiger partial charge in [-0.2, -0.15) is 12.7 Å².